The predicted molar refractivity (Wildman–Crippen MR) is 110 cm³/mol. The first-order valence-electron chi connectivity index (χ1n) is 10.3. The molecule has 3 rings (SSSR count). The Bertz CT molecular complexity index is 948. The highest BCUT2D eigenvalue weighted by Gasteiger charge is 2.15. The zero-order valence-electron chi connectivity index (χ0n) is 16.5. The van der Waals surface area contributed by atoms with Crippen LogP contribution >= 0.6 is 0 Å². The maximum absolute atomic E-state index is 12.4. The second kappa shape index (κ2) is 9.12. The summed E-state index contributed by atoms with van der Waals surface area (Å²) in [5.74, 6) is 0.832. The van der Waals surface area contributed by atoms with Crippen LogP contribution in [0.25, 0.3) is 21.9 Å². The Kier molecular flexibility index (Phi) is 6.59. The monoisotopic (exact) mass is 370 g/mol. The van der Waals surface area contributed by atoms with Gasteiger partial charge in [-0.15, -0.1) is 0 Å². The largest absolute Gasteiger partial charge is 0.508 e. The number of benzene rings is 1. The number of aryl methyl sites for hydroxylation is 2. The lowest BCUT2D eigenvalue weighted by Crippen LogP contribution is -2.01. The molecule has 3 aromatic rings. The van der Waals surface area contributed by atoms with Gasteiger partial charge < -0.3 is 13.9 Å². The molecule has 0 spiro atoms. The van der Waals surface area contributed by atoms with Crippen LogP contribution in [0, 0.1) is 6.92 Å². The van der Waals surface area contributed by atoms with E-state index in [9.17, 15) is 9.90 Å². The Morgan fingerprint density at radius 1 is 0.852 bits per heavy atom. The van der Waals surface area contributed by atoms with Crippen LogP contribution in [0.2, 0.25) is 0 Å². The lowest BCUT2D eigenvalue weighted by atomic mass is 10.1. The predicted octanol–water partition coefficient (Wildman–Crippen LogP) is 6.63. The van der Waals surface area contributed by atoms with Crippen LogP contribution in [-0.2, 0) is 6.42 Å². The first-order chi connectivity index (χ1) is 13.1. The minimum atomic E-state index is -0.388. The third-order valence-electron chi connectivity index (χ3n) is 5.28. The molecule has 0 aliphatic carbocycles. The Balaban J connectivity index is 1.58. The van der Waals surface area contributed by atoms with E-state index in [0.29, 0.717) is 27.7 Å². The summed E-state index contributed by atoms with van der Waals surface area (Å²) in [6.45, 7) is 4.05. The molecule has 0 atom stereocenters. The first kappa shape index (κ1) is 19.5. The number of aromatic hydroxyl groups is 1. The van der Waals surface area contributed by atoms with Crippen molar-refractivity contribution in [2.45, 2.75) is 78.1 Å². The lowest BCUT2D eigenvalue weighted by Gasteiger charge is -2.02. The fourth-order valence-electron chi connectivity index (χ4n) is 3.64. The lowest BCUT2D eigenvalue weighted by molar-refractivity contribution is 0.452. The van der Waals surface area contributed by atoms with E-state index in [1.807, 2.05) is 6.07 Å². The van der Waals surface area contributed by atoms with Gasteiger partial charge in [-0.25, -0.2) is 4.79 Å². The summed E-state index contributed by atoms with van der Waals surface area (Å²) in [4.78, 5) is 12.4. The van der Waals surface area contributed by atoms with Crippen molar-refractivity contribution in [3.8, 4) is 5.75 Å². The van der Waals surface area contributed by atoms with Gasteiger partial charge in [0, 0.05) is 17.9 Å². The molecule has 0 bridgehead atoms. The summed E-state index contributed by atoms with van der Waals surface area (Å²) in [5, 5.41) is 10.9. The number of phenols is 1. The van der Waals surface area contributed by atoms with Crippen molar-refractivity contribution < 1.29 is 13.9 Å². The van der Waals surface area contributed by atoms with Crippen molar-refractivity contribution in [2.75, 3.05) is 0 Å². The molecule has 0 aliphatic rings. The SMILES string of the molecule is CCCCCCCCCCCc1cc2oc3cc(C)c(O)cc3c2c(=O)o1. The van der Waals surface area contributed by atoms with E-state index in [2.05, 4.69) is 6.92 Å². The van der Waals surface area contributed by atoms with Gasteiger partial charge >= 0.3 is 5.63 Å². The van der Waals surface area contributed by atoms with Crippen LogP contribution in [0.1, 0.15) is 76.0 Å². The molecule has 2 aromatic heterocycles. The van der Waals surface area contributed by atoms with Crippen LogP contribution in [0.4, 0.5) is 0 Å². The van der Waals surface area contributed by atoms with Crippen molar-refractivity contribution in [3.05, 3.63) is 39.9 Å². The summed E-state index contributed by atoms with van der Waals surface area (Å²) in [7, 11) is 0. The molecule has 0 fully saturated rings. The highest BCUT2D eigenvalue weighted by atomic mass is 16.4. The van der Waals surface area contributed by atoms with Gasteiger partial charge in [0.25, 0.3) is 0 Å². The van der Waals surface area contributed by atoms with Gasteiger partial charge in [0.1, 0.15) is 28.1 Å². The Morgan fingerprint density at radius 2 is 1.52 bits per heavy atom. The van der Waals surface area contributed by atoms with Crippen molar-refractivity contribution in [3.63, 3.8) is 0 Å². The smallest absolute Gasteiger partial charge is 0.347 e. The van der Waals surface area contributed by atoms with Crippen molar-refractivity contribution in [2.24, 2.45) is 0 Å². The van der Waals surface area contributed by atoms with E-state index in [1.165, 1.54) is 44.9 Å². The van der Waals surface area contributed by atoms with Gasteiger partial charge in [-0.05, 0) is 31.0 Å². The summed E-state index contributed by atoms with van der Waals surface area (Å²) >= 11 is 0. The number of furan rings is 1. The fraction of sp³-hybridized carbons (Fsp3) is 0.522. The first-order valence-corrected chi connectivity index (χ1v) is 10.3. The summed E-state index contributed by atoms with van der Waals surface area (Å²) in [6, 6.07) is 5.16. The molecule has 0 aliphatic heterocycles. The summed E-state index contributed by atoms with van der Waals surface area (Å²) in [5.41, 5.74) is 1.48. The third kappa shape index (κ3) is 4.74. The van der Waals surface area contributed by atoms with Gasteiger partial charge in [-0.3, -0.25) is 0 Å². The van der Waals surface area contributed by atoms with Crippen molar-refractivity contribution >= 4 is 21.9 Å². The maximum atomic E-state index is 12.4. The van der Waals surface area contributed by atoms with Gasteiger partial charge in [0.2, 0.25) is 0 Å². The quantitative estimate of drug-likeness (QED) is 0.407. The third-order valence-corrected chi connectivity index (χ3v) is 5.28. The average molecular weight is 370 g/mol. The van der Waals surface area contributed by atoms with Crippen LogP contribution in [-0.4, -0.2) is 5.11 Å². The molecule has 0 saturated carbocycles. The molecule has 0 saturated heterocycles. The normalized spacial score (nSPS) is 11.6. The average Bonchev–Trinajstić information content (AvgIpc) is 2.98. The molecule has 0 amide bonds. The number of rotatable bonds is 10. The van der Waals surface area contributed by atoms with Crippen LogP contribution < -0.4 is 5.63 Å². The van der Waals surface area contributed by atoms with Crippen molar-refractivity contribution in [1.29, 1.82) is 0 Å². The van der Waals surface area contributed by atoms with E-state index in [0.717, 1.165) is 24.8 Å². The molecule has 0 unspecified atom stereocenters. The Morgan fingerprint density at radius 3 is 2.22 bits per heavy atom. The van der Waals surface area contributed by atoms with Gasteiger partial charge in [-0.1, -0.05) is 58.3 Å². The number of hydrogen-bond donors (Lipinski definition) is 1. The van der Waals surface area contributed by atoms with Gasteiger partial charge in [0.15, 0.2) is 0 Å². The van der Waals surface area contributed by atoms with E-state index in [4.69, 9.17) is 8.83 Å². The summed E-state index contributed by atoms with van der Waals surface area (Å²) < 4.78 is 11.3. The fourth-order valence-corrected chi connectivity index (χ4v) is 3.64. The minimum absolute atomic E-state index is 0.156. The van der Waals surface area contributed by atoms with Crippen LogP contribution in [0.3, 0.4) is 0 Å². The molecule has 4 heteroatoms. The number of hydrogen-bond acceptors (Lipinski definition) is 4. The molecular formula is C23H30O4. The summed E-state index contributed by atoms with van der Waals surface area (Å²) in [6.07, 6.45) is 12.1. The van der Waals surface area contributed by atoms with Crippen LogP contribution in [0.5, 0.6) is 5.75 Å². The molecular weight excluding hydrogens is 340 g/mol. The molecule has 2 heterocycles. The second-order valence-electron chi connectivity index (χ2n) is 7.55. The Labute approximate surface area is 160 Å². The second-order valence-corrected chi connectivity index (χ2v) is 7.55. The highest BCUT2D eigenvalue weighted by molar-refractivity contribution is 6.04. The van der Waals surface area contributed by atoms with E-state index < -0.39 is 0 Å². The van der Waals surface area contributed by atoms with E-state index in [1.54, 1.807) is 19.1 Å². The minimum Gasteiger partial charge on any atom is -0.508 e. The van der Waals surface area contributed by atoms with E-state index in [-0.39, 0.29) is 11.4 Å². The number of unbranched alkanes of at least 4 members (excludes halogenated alkanes) is 8. The molecule has 1 aromatic carbocycles. The standard InChI is InChI=1S/C23H30O4/c1-3-4-5-6-7-8-9-10-11-12-17-14-21-22(23(25)26-17)18-15-19(24)16(2)13-20(18)27-21/h13-15,24H,3-12H2,1-2H3. The molecule has 1 N–H and O–H groups in total. The molecule has 27 heavy (non-hydrogen) atoms. The molecule has 4 nitrogen and oxygen atoms in total. The van der Waals surface area contributed by atoms with Gasteiger partial charge in [-0.2, -0.15) is 0 Å². The Hall–Kier alpha value is -2.23. The number of phenolic OH excluding ortho intramolecular Hbond substituents is 1. The zero-order valence-corrected chi connectivity index (χ0v) is 16.5. The molecule has 146 valence electrons. The highest BCUT2D eigenvalue weighted by Crippen LogP contribution is 2.32. The van der Waals surface area contributed by atoms with Gasteiger partial charge in [0.05, 0.1) is 0 Å². The number of fused-ring (bicyclic) bond motifs is 3. The van der Waals surface area contributed by atoms with Crippen LogP contribution in [0.15, 0.2) is 31.8 Å². The zero-order chi connectivity index (χ0) is 19.2. The van der Waals surface area contributed by atoms with Crippen molar-refractivity contribution in [1.82, 2.24) is 0 Å². The van der Waals surface area contributed by atoms with E-state index >= 15 is 0 Å². The topological polar surface area (TPSA) is 63.6 Å². The molecule has 0 radical (unpaired) electrons. The maximum Gasteiger partial charge on any atom is 0.347 e.